The molecule has 0 bridgehead atoms. The molecule has 0 aromatic heterocycles. The summed E-state index contributed by atoms with van der Waals surface area (Å²) in [4.78, 5) is 4.51. The third-order valence-electron chi connectivity index (χ3n) is 0.449. The number of hydrogen-bond donors (Lipinski definition) is 1. The van der Waals surface area contributed by atoms with Crippen LogP contribution in [0.2, 0.25) is 0 Å². The summed E-state index contributed by atoms with van der Waals surface area (Å²) in [7, 11) is 0. The molecule has 6 heavy (non-hydrogen) atoms. The van der Waals surface area contributed by atoms with Crippen LogP contribution in [0.4, 0.5) is 0 Å². The van der Waals surface area contributed by atoms with Crippen molar-refractivity contribution in [3.05, 3.63) is 12.3 Å². The molecule has 0 saturated heterocycles. The maximum absolute atomic E-state index is 4.51. The first-order chi connectivity index (χ1) is 2.50. The Balaban J connectivity index is 0.000000250. The highest BCUT2D eigenvalue weighted by atomic mass is 35.5. The lowest BCUT2D eigenvalue weighted by molar-refractivity contribution is 0.168. The van der Waals surface area contributed by atoms with Crippen molar-refractivity contribution in [3.63, 3.8) is 0 Å². The van der Waals surface area contributed by atoms with Crippen LogP contribution in [0.5, 0.6) is 0 Å². The Bertz CT molecular complexity index is 48.8. The Morgan fingerprint density at radius 2 is 2.50 bits per heavy atom. The van der Waals surface area contributed by atoms with Gasteiger partial charge in [0.2, 0.25) is 0 Å². The van der Waals surface area contributed by atoms with Gasteiger partial charge in [-0.15, -0.1) is 12.4 Å². The monoisotopic (exact) mass is 107 g/mol. The van der Waals surface area contributed by atoms with E-state index in [4.69, 9.17) is 0 Å². The van der Waals surface area contributed by atoms with Crippen molar-refractivity contribution >= 4 is 12.4 Å². The van der Waals surface area contributed by atoms with Crippen LogP contribution >= 0.6 is 12.4 Å². The summed E-state index contributed by atoms with van der Waals surface area (Å²) < 4.78 is 0. The van der Waals surface area contributed by atoms with Crippen LogP contribution in [-0.2, 0) is 4.84 Å². The van der Waals surface area contributed by atoms with E-state index in [9.17, 15) is 0 Å². The Kier molecular flexibility index (Phi) is 2.89. The van der Waals surface area contributed by atoms with Gasteiger partial charge in [-0.05, 0) is 6.08 Å². The maximum Gasteiger partial charge on any atom is 0.108 e. The fraction of sp³-hybridized carbons (Fsp3) is 0.333. The van der Waals surface area contributed by atoms with Crippen molar-refractivity contribution < 1.29 is 4.84 Å². The summed E-state index contributed by atoms with van der Waals surface area (Å²) in [5.74, 6) is 0. The molecule has 0 atom stereocenters. The quantitative estimate of drug-likeness (QED) is 0.486. The van der Waals surface area contributed by atoms with Crippen LogP contribution in [-0.4, -0.2) is 6.54 Å². The normalized spacial score (nSPS) is 16.0. The SMILES string of the molecule is C1=CONC1.Cl. The zero-order valence-corrected chi connectivity index (χ0v) is 3.99. The molecular weight excluding hydrogens is 101 g/mol. The number of hydrogen-bond acceptors (Lipinski definition) is 2. The highest BCUT2D eigenvalue weighted by molar-refractivity contribution is 5.85. The standard InChI is InChI=1S/C3H5NO.ClH/c1-2-4-5-3-1;/h1,3-4H,2H2;1H. The molecule has 0 spiro atoms. The fourth-order valence-electron chi connectivity index (χ4n) is 0.241. The smallest absolute Gasteiger partial charge is 0.108 e. The molecule has 0 saturated carbocycles. The van der Waals surface area contributed by atoms with E-state index in [1.165, 1.54) is 0 Å². The molecule has 0 aromatic carbocycles. The molecule has 1 aliphatic heterocycles. The molecule has 0 radical (unpaired) electrons. The molecule has 0 unspecified atom stereocenters. The van der Waals surface area contributed by atoms with Crippen LogP contribution in [0, 0.1) is 0 Å². The molecule has 1 rings (SSSR count). The van der Waals surface area contributed by atoms with Gasteiger partial charge in [-0.25, -0.2) is 0 Å². The van der Waals surface area contributed by atoms with Crippen LogP contribution < -0.4 is 5.48 Å². The van der Waals surface area contributed by atoms with Crippen molar-refractivity contribution in [2.75, 3.05) is 6.54 Å². The van der Waals surface area contributed by atoms with Crippen molar-refractivity contribution in [1.29, 1.82) is 0 Å². The van der Waals surface area contributed by atoms with Crippen molar-refractivity contribution in [3.8, 4) is 0 Å². The van der Waals surface area contributed by atoms with Gasteiger partial charge in [0.1, 0.15) is 6.26 Å². The van der Waals surface area contributed by atoms with Gasteiger partial charge in [0.05, 0.1) is 6.54 Å². The van der Waals surface area contributed by atoms with E-state index in [1.807, 2.05) is 6.08 Å². The number of rotatable bonds is 0. The lowest BCUT2D eigenvalue weighted by Gasteiger charge is -1.82. The average Bonchev–Trinajstić information content (AvgIpc) is 1.76. The summed E-state index contributed by atoms with van der Waals surface area (Å²) in [6.45, 7) is 0.847. The first kappa shape index (κ1) is 5.79. The molecule has 1 N–H and O–H groups in total. The van der Waals surface area contributed by atoms with Crippen LogP contribution in [0.25, 0.3) is 0 Å². The van der Waals surface area contributed by atoms with Gasteiger partial charge in [-0.1, -0.05) is 0 Å². The Morgan fingerprint density at radius 3 is 2.67 bits per heavy atom. The van der Waals surface area contributed by atoms with E-state index in [2.05, 4.69) is 10.3 Å². The molecule has 0 aromatic rings. The van der Waals surface area contributed by atoms with Gasteiger partial charge in [0.15, 0.2) is 0 Å². The van der Waals surface area contributed by atoms with Gasteiger partial charge in [0.25, 0.3) is 0 Å². The third kappa shape index (κ3) is 1.29. The fourth-order valence-corrected chi connectivity index (χ4v) is 0.241. The van der Waals surface area contributed by atoms with E-state index in [0.29, 0.717) is 0 Å². The highest BCUT2D eigenvalue weighted by Gasteiger charge is 1.81. The van der Waals surface area contributed by atoms with E-state index in [1.54, 1.807) is 6.26 Å². The summed E-state index contributed by atoms with van der Waals surface area (Å²) in [5, 5.41) is 0. The first-order valence-electron chi connectivity index (χ1n) is 1.53. The maximum atomic E-state index is 4.51. The minimum Gasteiger partial charge on any atom is -0.417 e. The topological polar surface area (TPSA) is 21.3 Å². The minimum absolute atomic E-state index is 0. The van der Waals surface area contributed by atoms with Crippen molar-refractivity contribution in [2.24, 2.45) is 0 Å². The molecule has 3 heteroatoms. The van der Waals surface area contributed by atoms with Crippen LogP contribution in [0.15, 0.2) is 12.3 Å². The molecule has 2 nitrogen and oxygen atoms in total. The highest BCUT2D eigenvalue weighted by Crippen LogP contribution is 1.77. The second-order valence-electron chi connectivity index (χ2n) is 0.838. The van der Waals surface area contributed by atoms with Gasteiger partial charge in [0, 0.05) is 0 Å². The molecule has 0 aliphatic carbocycles. The molecular formula is C3H6ClNO. The average molecular weight is 108 g/mol. The van der Waals surface area contributed by atoms with Crippen molar-refractivity contribution in [1.82, 2.24) is 5.48 Å². The Morgan fingerprint density at radius 1 is 1.67 bits per heavy atom. The van der Waals surface area contributed by atoms with E-state index < -0.39 is 0 Å². The summed E-state index contributed by atoms with van der Waals surface area (Å²) in [6, 6.07) is 0. The summed E-state index contributed by atoms with van der Waals surface area (Å²) in [5.41, 5.74) is 2.61. The minimum atomic E-state index is 0. The summed E-state index contributed by atoms with van der Waals surface area (Å²) in [6.07, 6.45) is 3.53. The lowest BCUT2D eigenvalue weighted by Crippen LogP contribution is -2.02. The molecule has 1 heterocycles. The van der Waals surface area contributed by atoms with Crippen LogP contribution in [0.3, 0.4) is 0 Å². The second kappa shape index (κ2) is 3.00. The zero-order chi connectivity index (χ0) is 3.54. The zero-order valence-electron chi connectivity index (χ0n) is 3.18. The molecule has 0 amide bonds. The Labute approximate surface area is 42.5 Å². The molecule has 0 fully saturated rings. The van der Waals surface area contributed by atoms with E-state index >= 15 is 0 Å². The van der Waals surface area contributed by atoms with E-state index in [-0.39, 0.29) is 12.4 Å². The third-order valence-corrected chi connectivity index (χ3v) is 0.449. The van der Waals surface area contributed by atoms with Gasteiger partial charge in [-0.2, -0.15) is 5.48 Å². The predicted molar refractivity (Wildman–Crippen MR) is 25.5 cm³/mol. The predicted octanol–water partition coefficient (Wildman–Crippen LogP) is 0.457. The number of halogens is 1. The number of hydroxylamine groups is 1. The molecule has 36 valence electrons. The largest absolute Gasteiger partial charge is 0.417 e. The first-order valence-corrected chi connectivity index (χ1v) is 1.53. The van der Waals surface area contributed by atoms with E-state index in [0.717, 1.165) is 6.54 Å². The number of nitrogens with one attached hydrogen (secondary N) is 1. The Hall–Kier alpha value is -0.210. The molecule has 1 aliphatic rings. The second-order valence-corrected chi connectivity index (χ2v) is 0.838. The van der Waals surface area contributed by atoms with Crippen LogP contribution in [0.1, 0.15) is 0 Å². The lowest BCUT2D eigenvalue weighted by atomic mass is 10.7. The summed E-state index contributed by atoms with van der Waals surface area (Å²) >= 11 is 0. The van der Waals surface area contributed by atoms with Gasteiger partial charge >= 0.3 is 0 Å². The van der Waals surface area contributed by atoms with Gasteiger partial charge in [-0.3, -0.25) is 0 Å². The van der Waals surface area contributed by atoms with Crippen molar-refractivity contribution in [2.45, 2.75) is 0 Å². The van der Waals surface area contributed by atoms with Gasteiger partial charge < -0.3 is 4.84 Å².